The van der Waals surface area contributed by atoms with E-state index >= 15 is 0 Å². The molecule has 4 nitrogen and oxygen atoms in total. The highest BCUT2D eigenvalue weighted by Gasteiger charge is 2.25. The maximum Gasteiger partial charge on any atom is 0.176 e. The minimum atomic E-state index is -0.424. The summed E-state index contributed by atoms with van der Waals surface area (Å²) in [5.74, 6) is 0.922. The van der Waals surface area contributed by atoms with Crippen LogP contribution in [0, 0.1) is 0 Å². The normalized spacial score (nSPS) is 16.0. The number of hydrogen-bond acceptors (Lipinski definition) is 4. The van der Waals surface area contributed by atoms with Crippen molar-refractivity contribution in [1.29, 1.82) is 0 Å². The summed E-state index contributed by atoms with van der Waals surface area (Å²) in [6, 6.07) is 5.80. The first-order chi connectivity index (χ1) is 9.27. The van der Waals surface area contributed by atoms with Gasteiger partial charge in [0.2, 0.25) is 0 Å². The Morgan fingerprint density at radius 1 is 1.26 bits per heavy atom. The van der Waals surface area contributed by atoms with Gasteiger partial charge in [-0.3, -0.25) is 0 Å². The van der Waals surface area contributed by atoms with Gasteiger partial charge in [0.15, 0.2) is 6.29 Å². The topological polar surface area (TPSA) is 53.7 Å². The zero-order valence-electron chi connectivity index (χ0n) is 11.7. The molecular weight excluding hydrogens is 242 g/mol. The second-order valence-electron chi connectivity index (χ2n) is 4.59. The lowest BCUT2D eigenvalue weighted by atomic mass is 9.98. The van der Waals surface area contributed by atoms with Gasteiger partial charge >= 0.3 is 0 Å². The fourth-order valence-electron chi connectivity index (χ4n) is 2.41. The number of nitrogens with two attached hydrogens (primary N) is 1. The lowest BCUT2D eigenvalue weighted by Gasteiger charge is -2.27. The first kappa shape index (κ1) is 14.3. The Hall–Kier alpha value is -1.10. The maximum atomic E-state index is 6.31. The summed E-state index contributed by atoms with van der Waals surface area (Å²) in [7, 11) is 0. The predicted octanol–water partition coefficient (Wildman–Crippen LogP) is 2.41. The van der Waals surface area contributed by atoms with E-state index in [0.717, 1.165) is 30.8 Å². The Morgan fingerprint density at radius 2 is 2.00 bits per heavy atom. The molecule has 1 heterocycles. The van der Waals surface area contributed by atoms with Crippen molar-refractivity contribution in [3.05, 3.63) is 29.3 Å². The average Bonchev–Trinajstić information content (AvgIpc) is 2.46. The van der Waals surface area contributed by atoms with Gasteiger partial charge < -0.3 is 19.9 Å². The van der Waals surface area contributed by atoms with Crippen LogP contribution in [0.25, 0.3) is 0 Å². The Morgan fingerprint density at radius 3 is 2.68 bits per heavy atom. The molecule has 1 aromatic carbocycles. The van der Waals surface area contributed by atoms with Crippen LogP contribution in [0.5, 0.6) is 5.75 Å². The molecule has 0 aliphatic carbocycles. The van der Waals surface area contributed by atoms with Gasteiger partial charge in [-0.1, -0.05) is 18.2 Å². The Balaban J connectivity index is 2.24. The first-order valence-corrected chi connectivity index (χ1v) is 7.01. The molecule has 0 amide bonds. The van der Waals surface area contributed by atoms with Gasteiger partial charge in [-0.15, -0.1) is 0 Å². The number of aryl methyl sites for hydroxylation is 1. The Labute approximate surface area is 114 Å². The molecule has 0 spiro atoms. The van der Waals surface area contributed by atoms with Gasteiger partial charge in [0, 0.05) is 18.8 Å². The van der Waals surface area contributed by atoms with Crippen LogP contribution in [-0.2, 0) is 15.9 Å². The molecule has 19 heavy (non-hydrogen) atoms. The van der Waals surface area contributed by atoms with Crippen LogP contribution in [0.4, 0.5) is 0 Å². The van der Waals surface area contributed by atoms with E-state index in [4.69, 9.17) is 19.9 Å². The highest BCUT2D eigenvalue weighted by molar-refractivity contribution is 5.44. The molecule has 0 bridgehead atoms. The third-order valence-electron chi connectivity index (χ3n) is 3.28. The molecule has 4 heteroatoms. The van der Waals surface area contributed by atoms with Crippen molar-refractivity contribution in [2.75, 3.05) is 19.8 Å². The Bertz CT molecular complexity index is 402. The summed E-state index contributed by atoms with van der Waals surface area (Å²) >= 11 is 0. The quantitative estimate of drug-likeness (QED) is 0.803. The van der Waals surface area contributed by atoms with E-state index in [0.29, 0.717) is 13.2 Å². The van der Waals surface area contributed by atoms with E-state index in [1.807, 2.05) is 26.0 Å². The maximum absolute atomic E-state index is 6.31. The molecular formula is C15H23NO3. The van der Waals surface area contributed by atoms with Crippen molar-refractivity contribution >= 4 is 0 Å². The van der Waals surface area contributed by atoms with Crippen LogP contribution in [0.2, 0.25) is 0 Å². The fourth-order valence-corrected chi connectivity index (χ4v) is 2.41. The number of hydrogen-bond donors (Lipinski definition) is 1. The molecule has 0 aromatic heterocycles. The summed E-state index contributed by atoms with van der Waals surface area (Å²) < 4.78 is 17.0. The minimum absolute atomic E-state index is 0.326. The molecule has 2 rings (SSSR count). The van der Waals surface area contributed by atoms with Crippen LogP contribution in [-0.4, -0.2) is 26.1 Å². The van der Waals surface area contributed by atoms with Gasteiger partial charge in [0.05, 0.1) is 12.6 Å². The molecule has 106 valence electrons. The van der Waals surface area contributed by atoms with Gasteiger partial charge in [0.25, 0.3) is 0 Å². The third kappa shape index (κ3) is 3.26. The number of fused-ring (bicyclic) bond motifs is 1. The highest BCUT2D eigenvalue weighted by atomic mass is 16.7. The minimum Gasteiger partial charge on any atom is -0.493 e. The van der Waals surface area contributed by atoms with E-state index < -0.39 is 6.29 Å². The van der Waals surface area contributed by atoms with Crippen molar-refractivity contribution in [1.82, 2.24) is 0 Å². The molecule has 1 atom stereocenters. The molecule has 1 aliphatic heterocycles. The molecule has 0 saturated carbocycles. The van der Waals surface area contributed by atoms with E-state index in [9.17, 15) is 0 Å². The first-order valence-electron chi connectivity index (χ1n) is 7.01. The standard InChI is InChI=1S/C15H23NO3/c1-3-17-15(18-4-2)13(16)12-9-5-7-11-8-6-10-19-14(11)12/h5,7,9,13,15H,3-4,6,8,10,16H2,1-2H3. The van der Waals surface area contributed by atoms with E-state index in [-0.39, 0.29) is 6.04 Å². The largest absolute Gasteiger partial charge is 0.493 e. The van der Waals surface area contributed by atoms with E-state index in [2.05, 4.69) is 6.07 Å². The predicted molar refractivity (Wildman–Crippen MR) is 74.2 cm³/mol. The molecule has 1 aliphatic rings. The summed E-state index contributed by atoms with van der Waals surface area (Å²) in [6.07, 6.45) is 1.68. The molecule has 0 saturated heterocycles. The number of rotatable bonds is 6. The monoisotopic (exact) mass is 265 g/mol. The van der Waals surface area contributed by atoms with Crippen molar-refractivity contribution in [2.45, 2.75) is 39.0 Å². The summed E-state index contributed by atoms with van der Waals surface area (Å²) in [5.41, 5.74) is 8.51. The third-order valence-corrected chi connectivity index (χ3v) is 3.28. The fraction of sp³-hybridized carbons (Fsp3) is 0.600. The van der Waals surface area contributed by atoms with Crippen LogP contribution < -0.4 is 10.5 Å². The summed E-state index contributed by atoms with van der Waals surface area (Å²) in [6.45, 7) is 5.79. The molecule has 0 radical (unpaired) electrons. The lowest BCUT2D eigenvalue weighted by Crippen LogP contribution is -2.32. The van der Waals surface area contributed by atoms with Gasteiger partial charge in [-0.2, -0.15) is 0 Å². The van der Waals surface area contributed by atoms with Crippen molar-refractivity contribution in [3.8, 4) is 5.75 Å². The highest BCUT2D eigenvalue weighted by Crippen LogP contribution is 2.33. The zero-order chi connectivity index (χ0) is 13.7. The Kier molecular flexibility index (Phi) is 5.19. The van der Waals surface area contributed by atoms with Crippen LogP contribution in [0.3, 0.4) is 0 Å². The van der Waals surface area contributed by atoms with Crippen molar-refractivity contribution in [2.24, 2.45) is 5.73 Å². The zero-order valence-corrected chi connectivity index (χ0v) is 11.7. The average molecular weight is 265 g/mol. The summed E-state index contributed by atoms with van der Waals surface area (Å²) in [4.78, 5) is 0. The van der Waals surface area contributed by atoms with Gasteiger partial charge in [-0.05, 0) is 32.3 Å². The number of benzene rings is 1. The smallest absolute Gasteiger partial charge is 0.176 e. The van der Waals surface area contributed by atoms with Crippen LogP contribution >= 0.6 is 0 Å². The molecule has 1 unspecified atom stereocenters. The second-order valence-corrected chi connectivity index (χ2v) is 4.59. The lowest BCUT2D eigenvalue weighted by molar-refractivity contribution is -0.149. The van der Waals surface area contributed by atoms with Crippen LogP contribution in [0.15, 0.2) is 18.2 Å². The van der Waals surface area contributed by atoms with Gasteiger partial charge in [-0.25, -0.2) is 0 Å². The van der Waals surface area contributed by atoms with E-state index in [1.165, 1.54) is 5.56 Å². The number of para-hydroxylation sites is 1. The second kappa shape index (κ2) is 6.89. The van der Waals surface area contributed by atoms with Crippen molar-refractivity contribution < 1.29 is 14.2 Å². The van der Waals surface area contributed by atoms with Crippen LogP contribution in [0.1, 0.15) is 37.4 Å². The SMILES string of the molecule is CCOC(OCC)C(N)c1cccc2c1OCCC2. The van der Waals surface area contributed by atoms with Crippen molar-refractivity contribution in [3.63, 3.8) is 0 Å². The molecule has 0 fully saturated rings. The summed E-state index contributed by atoms with van der Waals surface area (Å²) in [5, 5.41) is 0. The molecule has 2 N–H and O–H groups in total. The van der Waals surface area contributed by atoms with E-state index in [1.54, 1.807) is 0 Å². The number of ether oxygens (including phenoxy) is 3. The van der Waals surface area contributed by atoms with Gasteiger partial charge in [0.1, 0.15) is 5.75 Å². The molecule has 1 aromatic rings.